The molecule has 1 aromatic rings. The van der Waals surface area contributed by atoms with Crippen LogP contribution in [0.2, 0.25) is 0 Å². The van der Waals surface area contributed by atoms with Crippen LogP contribution < -0.4 is 5.32 Å². The van der Waals surface area contributed by atoms with E-state index >= 15 is 0 Å². The fraction of sp³-hybridized carbons (Fsp3) is 0.556. The third-order valence-corrected chi connectivity index (χ3v) is 3.85. The van der Waals surface area contributed by atoms with E-state index in [4.69, 9.17) is 9.47 Å². The summed E-state index contributed by atoms with van der Waals surface area (Å²) >= 11 is 0. The quantitative estimate of drug-likeness (QED) is 0.472. The minimum Gasteiger partial charge on any atom is -0.444 e. The highest BCUT2D eigenvalue weighted by molar-refractivity contribution is 6.05. The number of carbonyl (C=O) groups excluding carboxylic acids is 2. The first-order chi connectivity index (χ1) is 12.2. The number of hydrogen-bond donors (Lipinski definition) is 1. The van der Waals surface area contributed by atoms with E-state index < -0.39 is 22.7 Å². The van der Waals surface area contributed by atoms with Crippen LogP contribution in [-0.2, 0) is 15.9 Å². The molecule has 1 aliphatic rings. The van der Waals surface area contributed by atoms with Crippen LogP contribution in [0.3, 0.4) is 0 Å². The molecule has 1 N–H and O–H groups in total. The van der Waals surface area contributed by atoms with Gasteiger partial charge in [-0.05, 0) is 45.6 Å². The number of carbonyl (C=O) groups is 2. The highest BCUT2D eigenvalue weighted by Crippen LogP contribution is 2.30. The molecular weight excluding hydrogens is 340 g/mol. The Morgan fingerprint density at radius 3 is 2.77 bits per heavy atom. The van der Waals surface area contributed by atoms with E-state index in [1.807, 2.05) is 0 Å². The summed E-state index contributed by atoms with van der Waals surface area (Å²) in [5.41, 5.74) is 0.112. The number of nitrogens with zero attached hydrogens (tertiary/aromatic N) is 1. The van der Waals surface area contributed by atoms with Gasteiger partial charge in [-0.2, -0.15) is 0 Å². The topological polar surface area (TPSA) is 108 Å². The van der Waals surface area contributed by atoms with Crippen molar-refractivity contribution >= 4 is 17.6 Å². The van der Waals surface area contributed by atoms with E-state index in [1.54, 1.807) is 32.9 Å². The van der Waals surface area contributed by atoms with Gasteiger partial charge in [0.1, 0.15) is 17.3 Å². The summed E-state index contributed by atoms with van der Waals surface area (Å²) in [7, 11) is 0. The van der Waals surface area contributed by atoms with Crippen LogP contribution in [0.1, 0.15) is 49.5 Å². The number of ether oxygens (including phenoxy) is 2. The molecule has 1 unspecified atom stereocenters. The summed E-state index contributed by atoms with van der Waals surface area (Å²) in [5.74, 6) is -0.348. The number of amides is 1. The fourth-order valence-electron chi connectivity index (χ4n) is 2.77. The molecule has 0 saturated heterocycles. The van der Waals surface area contributed by atoms with E-state index in [1.165, 1.54) is 6.07 Å². The summed E-state index contributed by atoms with van der Waals surface area (Å²) in [6.45, 7) is 5.96. The largest absolute Gasteiger partial charge is 0.444 e. The van der Waals surface area contributed by atoms with Crippen molar-refractivity contribution in [1.29, 1.82) is 0 Å². The van der Waals surface area contributed by atoms with Gasteiger partial charge in [0, 0.05) is 19.2 Å². The monoisotopic (exact) mass is 364 g/mol. The Morgan fingerprint density at radius 1 is 1.38 bits per heavy atom. The lowest BCUT2D eigenvalue weighted by Crippen LogP contribution is -2.34. The number of aryl methyl sites for hydroxylation is 1. The maximum Gasteiger partial charge on any atom is 0.407 e. The molecule has 8 nitrogen and oxygen atoms in total. The predicted octanol–water partition coefficient (Wildman–Crippen LogP) is 3.02. The molecule has 1 aliphatic carbocycles. The Labute approximate surface area is 152 Å². The number of nitrogens with one attached hydrogen (secondary N) is 1. The standard InChI is InChI=1S/C18H24N2O6/c1-18(2,3)26-17(22)19-10-5-11-25-14-9-8-12-6-4-7-13(20(23)24)15(12)16(14)21/h4,6-7,14H,5,8-11H2,1-3H3,(H,19,22). The zero-order valence-corrected chi connectivity index (χ0v) is 15.2. The van der Waals surface area contributed by atoms with Crippen molar-refractivity contribution in [1.82, 2.24) is 5.32 Å². The molecule has 1 atom stereocenters. The second-order valence-corrected chi connectivity index (χ2v) is 7.11. The van der Waals surface area contributed by atoms with Crippen molar-refractivity contribution < 1.29 is 24.0 Å². The van der Waals surface area contributed by atoms with E-state index in [2.05, 4.69) is 5.32 Å². The van der Waals surface area contributed by atoms with Crippen LogP contribution in [0.4, 0.5) is 10.5 Å². The third kappa shape index (κ3) is 5.26. The number of nitro benzene ring substituents is 1. The van der Waals surface area contributed by atoms with Crippen molar-refractivity contribution in [2.24, 2.45) is 0 Å². The number of nitro groups is 1. The van der Waals surface area contributed by atoms with Gasteiger partial charge in [-0.25, -0.2) is 4.79 Å². The number of benzene rings is 1. The van der Waals surface area contributed by atoms with Crippen LogP contribution in [0.5, 0.6) is 0 Å². The van der Waals surface area contributed by atoms with E-state index in [-0.39, 0.29) is 23.6 Å². The lowest BCUT2D eigenvalue weighted by atomic mass is 9.87. The lowest BCUT2D eigenvalue weighted by Gasteiger charge is -2.23. The Morgan fingerprint density at radius 2 is 2.12 bits per heavy atom. The van der Waals surface area contributed by atoms with Crippen molar-refractivity contribution in [2.75, 3.05) is 13.2 Å². The molecule has 26 heavy (non-hydrogen) atoms. The van der Waals surface area contributed by atoms with Crippen molar-refractivity contribution in [3.05, 3.63) is 39.4 Å². The number of rotatable bonds is 6. The normalized spacial score (nSPS) is 16.7. The van der Waals surface area contributed by atoms with E-state index in [0.29, 0.717) is 31.4 Å². The summed E-state index contributed by atoms with van der Waals surface area (Å²) in [6.07, 6.45) is 0.365. The van der Waals surface area contributed by atoms with Crippen LogP contribution in [0.25, 0.3) is 0 Å². The molecule has 0 bridgehead atoms. The summed E-state index contributed by atoms with van der Waals surface area (Å²) < 4.78 is 10.7. The van der Waals surface area contributed by atoms with E-state index in [0.717, 1.165) is 0 Å². The number of ketones is 1. The highest BCUT2D eigenvalue weighted by Gasteiger charge is 2.33. The smallest absolute Gasteiger partial charge is 0.407 e. The Kier molecular flexibility index (Phi) is 6.31. The minimum atomic E-state index is -0.690. The first-order valence-electron chi connectivity index (χ1n) is 8.58. The maximum absolute atomic E-state index is 12.6. The first kappa shape index (κ1) is 19.8. The van der Waals surface area contributed by atoms with Gasteiger partial charge in [-0.3, -0.25) is 14.9 Å². The Hall–Kier alpha value is -2.48. The molecular formula is C18H24N2O6. The van der Waals surface area contributed by atoms with Gasteiger partial charge < -0.3 is 14.8 Å². The molecule has 1 aromatic carbocycles. The van der Waals surface area contributed by atoms with Crippen LogP contribution in [0, 0.1) is 10.1 Å². The van der Waals surface area contributed by atoms with Crippen molar-refractivity contribution in [2.45, 2.75) is 51.7 Å². The number of Topliss-reactive ketones (excluding diaryl/α,β-unsaturated/α-hetero) is 1. The van der Waals surface area contributed by atoms with Gasteiger partial charge in [0.25, 0.3) is 5.69 Å². The first-order valence-corrected chi connectivity index (χ1v) is 8.58. The van der Waals surface area contributed by atoms with Gasteiger partial charge in [0.2, 0.25) is 0 Å². The van der Waals surface area contributed by atoms with Crippen LogP contribution in [-0.4, -0.2) is 41.7 Å². The molecule has 8 heteroatoms. The van der Waals surface area contributed by atoms with Gasteiger partial charge in [0.05, 0.1) is 4.92 Å². The summed E-state index contributed by atoms with van der Waals surface area (Å²) in [4.78, 5) is 34.7. The highest BCUT2D eigenvalue weighted by atomic mass is 16.6. The minimum absolute atomic E-state index is 0.153. The number of alkyl carbamates (subject to hydrolysis) is 1. The van der Waals surface area contributed by atoms with Crippen molar-refractivity contribution in [3.8, 4) is 0 Å². The maximum atomic E-state index is 12.6. The Balaban J connectivity index is 1.83. The molecule has 142 valence electrons. The molecule has 0 aliphatic heterocycles. The zero-order valence-electron chi connectivity index (χ0n) is 15.2. The van der Waals surface area contributed by atoms with Gasteiger partial charge in [0.15, 0.2) is 5.78 Å². The average Bonchev–Trinajstić information content (AvgIpc) is 2.54. The molecule has 0 saturated carbocycles. The molecule has 0 heterocycles. The number of hydrogen-bond acceptors (Lipinski definition) is 6. The SMILES string of the molecule is CC(C)(C)OC(=O)NCCCOC1CCc2cccc([N+](=O)[O-])c2C1=O. The molecule has 1 amide bonds. The third-order valence-electron chi connectivity index (χ3n) is 3.85. The van der Waals surface area contributed by atoms with Gasteiger partial charge >= 0.3 is 6.09 Å². The van der Waals surface area contributed by atoms with E-state index in [9.17, 15) is 19.7 Å². The lowest BCUT2D eigenvalue weighted by molar-refractivity contribution is -0.385. The Bertz CT molecular complexity index is 695. The predicted molar refractivity (Wildman–Crippen MR) is 94.3 cm³/mol. The second-order valence-electron chi connectivity index (χ2n) is 7.11. The number of fused-ring (bicyclic) bond motifs is 1. The van der Waals surface area contributed by atoms with Crippen LogP contribution in [0.15, 0.2) is 18.2 Å². The summed E-state index contributed by atoms with van der Waals surface area (Å²) in [5, 5.41) is 13.8. The molecule has 2 rings (SSSR count). The average molecular weight is 364 g/mol. The molecule has 0 aromatic heterocycles. The van der Waals surface area contributed by atoms with Gasteiger partial charge in [-0.15, -0.1) is 0 Å². The van der Waals surface area contributed by atoms with Crippen molar-refractivity contribution in [3.63, 3.8) is 0 Å². The second kappa shape index (κ2) is 8.27. The van der Waals surface area contributed by atoms with Crippen LogP contribution >= 0.6 is 0 Å². The zero-order chi connectivity index (χ0) is 19.3. The molecule has 0 radical (unpaired) electrons. The molecule has 0 fully saturated rings. The van der Waals surface area contributed by atoms with Gasteiger partial charge in [-0.1, -0.05) is 12.1 Å². The fourth-order valence-corrected chi connectivity index (χ4v) is 2.77. The molecule has 0 spiro atoms. The summed E-state index contributed by atoms with van der Waals surface area (Å²) in [6, 6.07) is 4.67.